The average molecular weight is 352 g/mol. The van der Waals surface area contributed by atoms with Crippen LogP contribution in [0.4, 0.5) is 0 Å². The van der Waals surface area contributed by atoms with E-state index in [0.29, 0.717) is 6.61 Å². The van der Waals surface area contributed by atoms with Crippen LogP contribution in [0.1, 0.15) is 48.5 Å². The van der Waals surface area contributed by atoms with Crippen LogP contribution in [0.15, 0.2) is 48.5 Å². The lowest BCUT2D eigenvalue weighted by Crippen LogP contribution is -2.36. The maximum absolute atomic E-state index is 12.7. The summed E-state index contributed by atoms with van der Waals surface area (Å²) >= 11 is 0. The highest BCUT2D eigenvalue weighted by Crippen LogP contribution is 2.31. The molecule has 0 saturated heterocycles. The lowest BCUT2D eigenvalue weighted by Gasteiger charge is -2.27. The van der Waals surface area contributed by atoms with E-state index in [0.717, 1.165) is 28.9 Å². The number of nitrogens with one attached hydrogen (secondary N) is 2. The number of carbonyl (C=O) groups is 2. The third kappa shape index (κ3) is 4.42. The molecule has 0 saturated carbocycles. The van der Waals surface area contributed by atoms with Crippen molar-refractivity contribution in [2.45, 2.75) is 38.8 Å². The smallest absolute Gasteiger partial charge is 0.222 e. The van der Waals surface area contributed by atoms with Crippen molar-refractivity contribution in [1.82, 2.24) is 10.6 Å². The average Bonchev–Trinajstić information content (AvgIpc) is 2.62. The fourth-order valence-corrected chi connectivity index (χ4v) is 3.23. The Kier molecular flexibility index (Phi) is 5.56. The number of amides is 2. The van der Waals surface area contributed by atoms with Gasteiger partial charge in [-0.3, -0.25) is 9.59 Å². The quantitative estimate of drug-likeness (QED) is 0.868. The second-order valence-electron chi connectivity index (χ2n) is 6.66. The molecule has 0 spiro atoms. The summed E-state index contributed by atoms with van der Waals surface area (Å²) in [5.74, 6) is 0.576. The van der Waals surface area contributed by atoms with Crippen molar-refractivity contribution in [3.63, 3.8) is 0 Å². The normalized spacial score (nSPS) is 16.8. The Morgan fingerprint density at radius 3 is 2.62 bits per heavy atom. The summed E-state index contributed by atoms with van der Waals surface area (Å²) in [6, 6.07) is 15.2. The van der Waals surface area contributed by atoms with Crippen LogP contribution in [0.5, 0.6) is 5.75 Å². The van der Waals surface area contributed by atoms with Gasteiger partial charge in [-0.1, -0.05) is 48.0 Å². The molecule has 5 nitrogen and oxygen atoms in total. The van der Waals surface area contributed by atoms with Gasteiger partial charge in [-0.15, -0.1) is 0 Å². The molecule has 0 aromatic heterocycles. The molecular weight excluding hydrogens is 328 g/mol. The first-order valence-electron chi connectivity index (χ1n) is 8.87. The Morgan fingerprint density at radius 1 is 1.15 bits per heavy atom. The number of rotatable bonds is 5. The van der Waals surface area contributed by atoms with Gasteiger partial charge in [0.2, 0.25) is 11.8 Å². The van der Waals surface area contributed by atoms with Crippen molar-refractivity contribution in [3.05, 3.63) is 65.2 Å². The van der Waals surface area contributed by atoms with Crippen molar-refractivity contribution >= 4 is 11.8 Å². The van der Waals surface area contributed by atoms with Crippen LogP contribution in [-0.4, -0.2) is 18.4 Å². The minimum atomic E-state index is -0.344. The van der Waals surface area contributed by atoms with Gasteiger partial charge in [0.05, 0.1) is 25.1 Å². The minimum absolute atomic E-state index is 0.0663. The summed E-state index contributed by atoms with van der Waals surface area (Å²) in [4.78, 5) is 24.2. The predicted octanol–water partition coefficient (Wildman–Crippen LogP) is 3.20. The van der Waals surface area contributed by atoms with E-state index < -0.39 is 0 Å². The summed E-state index contributed by atoms with van der Waals surface area (Å²) in [6.45, 7) is 4.05. The largest absolute Gasteiger partial charge is 0.493 e. The van der Waals surface area contributed by atoms with Crippen LogP contribution in [-0.2, 0) is 9.59 Å². The molecule has 1 aliphatic rings. The number of aryl methyl sites for hydroxylation is 1. The number of hydrogen-bond acceptors (Lipinski definition) is 3. The van der Waals surface area contributed by atoms with Gasteiger partial charge in [-0.2, -0.15) is 0 Å². The Hall–Kier alpha value is -2.82. The molecule has 2 amide bonds. The van der Waals surface area contributed by atoms with Gasteiger partial charge < -0.3 is 15.4 Å². The summed E-state index contributed by atoms with van der Waals surface area (Å²) in [6.07, 6.45) is 0.931. The molecular formula is C21H24N2O3. The van der Waals surface area contributed by atoms with Crippen LogP contribution in [0.2, 0.25) is 0 Å². The molecule has 2 aromatic rings. The van der Waals surface area contributed by atoms with Crippen molar-refractivity contribution in [2.24, 2.45) is 0 Å². The molecule has 0 bridgehead atoms. The van der Waals surface area contributed by atoms with E-state index in [1.807, 2.05) is 55.5 Å². The summed E-state index contributed by atoms with van der Waals surface area (Å²) in [7, 11) is 0. The van der Waals surface area contributed by atoms with Crippen LogP contribution in [0, 0.1) is 6.92 Å². The highest BCUT2D eigenvalue weighted by molar-refractivity contribution is 5.79. The molecule has 26 heavy (non-hydrogen) atoms. The van der Waals surface area contributed by atoms with Crippen molar-refractivity contribution in [2.75, 3.05) is 6.61 Å². The number of hydrogen-bond donors (Lipinski definition) is 2. The van der Waals surface area contributed by atoms with Crippen LogP contribution >= 0.6 is 0 Å². The molecule has 2 N–H and O–H groups in total. The predicted molar refractivity (Wildman–Crippen MR) is 99.8 cm³/mol. The molecule has 2 aromatic carbocycles. The maximum atomic E-state index is 12.7. The van der Waals surface area contributed by atoms with Crippen molar-refractivity contribution in [1.29, 1.82) is 0 Å². The second kappa shape index (κ2) is 8.04. The molecule has 0 radical (unpaired) electrons. The summed E-state index contributed by atoms with van der Waals surface area (Å²) in [5, 5.41) is 5.97. The Balaban J connectivity index is 1.70. The lowest BCUT2D eigenvalue weighted by atomic mass is 9.99. The third-order valence-corrected chi connectivity index (χ3v) is 4.54. The molecule has 136 valence electrons. The summed E-state index contributed by atoms with van der Waals surface area (Å²) in [5.41, 5.74) is 3.06. The van der Waals surface area contributed by atoms with Crippen molar-refractivity contribution in [3.8, 4) is 5.75 Å². The highest BCUT2D eigenvalue weighted by Gasteiger charge is 2.24. The molecule has 2 atom stereocenters. The highest BCUT2D eigenvalue weighted by atomic mass is 16.5. The molecule has 1 heterocycles. The van der Waals surface area contributed by atoms with Gasteiger partial charge in [0.15, 0.2) is 0 Å². The number of carbonyl (C=O) groups excluding carboxylic acids is 2. The number of ether oxygens (including phenoxy) is 1. The van der Waals surface area contributed by atoms with Crippen LogP contribution in [0.3, 0.4) is 0 Å². The topological polar surface area (TPSA) is 67.4 Å². The molecule has 5 heteroatoms. The van der Waals surface area contributed by atoms with E-state index >= 15 is 0 Å². The Bertz CT molecular complexity index is 786. The maximum Gasteiger partial charge on any atom is 0.222 e. The lowest BCUT2D eigenvalue weighted by molar-refractivity contribution is -0.123. The van der Waals surface area contributed by atoms with Gasteiger partial charge in [0, 0.05) is 18.9 Å². The molecule has 0 aliphatic carbocycles. The standard InChI is InChI=1S/C21H24N2O3/c1-14-7-9-16(10-8-14)19(22-15(2)24)13-21(25)23-18-11-12-26-20-6-4-3-5-17(18)20/h3-10,18-19H,11-13H2,1-2H3,(H,22,24)(H,23,25)/t18-,19-/m1/s1. The van der Waals surface area contributed by atoms with Gasteiger partial charge >= 0.3 is 0 Å². The number of fused-ring (bicyclic) bond motifs is 1. The van der Waals surface area contributed by atoms with Gasteiger partial charge in [0.25, 0.3) is 0 Å². The SMILES string of the molecule is CC(=O)N[C@H](CC(=O)N[C@@H]1CCOc2ccccc21)c1ccc(C)cc1. The first-order valence-corrected chi connectivity index (χ1v) is 8.87. The van der Waals surface area contributed by atoms with E-state index in [9.17, 15) is 9.59 Å². The van der Waals surface area contributed by atoms with Crippen LogP contribution < -0.4 is 15.4 Å². The summed E-state index contributed by atoms with van der Waals surface area (Å²) < 4.78 is 5.64. The monoisotopic (exact) mass is 352 g/mol. The Morgan fingerprint density at radius 2 is 1.88 bits per heavy atom. The Labute approximate surface area is 153 Å². The minimum Gasteiger partial charge on any atom is -0.493 e. The molecule has 1 aliphatic heterocycles. The fraction of sp³-hybridized carbons (Fsp3) is 0.333. The zero-order chi connectivity index (χ0) is 18.5. The number of benzene rings is 2. The number of para-hydroxylation sites is 1. The van der Waals surface area contributed by atoms with E-state index in [1.54, 1.807) is 0 Å². The van der Waals surface area contributed by atoms with Crippen LogP contribution in [0.25, 0.3) is 0 Å². The second-order valence-corrected chi connectivity index (χ2v) is 6.66. The van der Waals surface area contributed by atoms with E-state index in [1.165, 1.54) is 6.92 Å². The molecule has 0 unspecified atom stereocenters. The van der Waals surface area contributed by atoms with E-state index in [2.05, 4.69) is 10.6 Å². The first-order chi connectivity index (χ1) is 12.5. The zero-order valence-electron chi connectivity index (χ0n) is 15.1. The first kappa shape index (κ1) is 18.0. The van der Waals surface area contributed by atoms with E-state index in [-0.39, 0.29) is 30.3 Å². The van der Waals surface area contributed by atoms with Gasteiger partial charge in [0.1, 0.15) is 5.75 Å². The van der Waals surface area contributed by atoms with Crippen molar-refractivity contribution < 1.29 is 14.3 Å². The van der Waals surface area contributed by atoms with E-state index in [4.69, 9.17) is 4.74 Å². The fourth-order valence-electron chi connectivity index (χ4n) is 3.23. The zero-order valence-corrected chi connectivity index (χ0v) is 15.1. The van der Waals surface area contributed by atoms with Gasteiger partial charge in [-0.25, -0.2) is 0 Å². The third-order valence-electron chi connectivity index (χ3n) is 4.54. The molecule has 3 rings (SSSR count). The molecule has 0 fully saturated rings. The van der Waals surface area contributed by atoms with Gasteiger partial charge in [-0.05, 0) is 18.6 Å².